The lowest BCUT2D eigenvalue weighted by atomic mass is 9.88. The van der Waals surface area contributed by atoms with Crippen LogP contribution in [0.25, 0.3) is 11.2 Å². The summed E-state index contributed by atoms with van der Waals surface area (Å²) in [5, 5.41) is 9.27. The molecule has 24 heavy (non-hydrogen) atoms. The van der Waals surface area contributed by atoms with Crippen molar-refractivity contribution in [2.75, 3.05) is 31.3 Å². The fourth-order valence-electron chi connectivity index (χ4n) is 2.94. The van der Waals surface area contributed by atoms with E-state index in [-0.39, 0.29) is 11.6 Å². The van der Waals surface area contributed by atoms with Crippen molar-refractivity contribution in [3.05, 3.63) is 6.33 Å². The van der Waals surface area contributed by atoms with Crippen molar-refractivity contribution in [3.63, 3.8) is 0 Å². The van der Waals surface area contributed by atoms with Gasteiger partial charge in [-0.1, -0.05) is 6.92 Å². The largest absolute Gasteiger partial charge is 0.390 e. The molecule has 0 spiro atoms. The Labute approximate surface area is 137 Å². The highest BCUT2D eigenvalue weighted by Crippen LogP contribution is 2.52. The quantitative estimate of drug-likeness (QED) is 0.859. The Balaban J connectivity index is 2.17. The van der Waals surface area contributed by atoms with E-state index in [0.717, 1.165) is 0 Å². The number of fused-ring (bicyclic) bond motifs is 1. The number of halogens is 2. The number of nitrogen functional groups attached to an aromatic ring is 1. The molecule has 132 valence electrons. The minimum atomic E-state index is -2.49. The standard InChI is InChI=1S/C14H20F2N6O2/c1-7-13(2,15)11(24-14(7,16)5-23)22-6-18-8-9(21(3)4)19-12(17)20-10(8)22/h6-7,11,23H,5H2,1-4H3,(H2,17,19,20)/t7-,11+,13+,14+/m0/s1. The fourth-order valence-corrected chi connectivity index (χ4v) is 2.94. The highest BCUT2D eigenvalue weighted by atomic mass is 19.2. The van der Waals surface area contributed by atoms with Crippen LogP contribution in [0.1, 0.15) is 20.1 Å². The topological polar surface area (TPSA) is 102 Å². The molecule has 8 nitrogen and oxygen atoms in total. The lowest BCUT2D eigenvalue weighted by Crippen LogP contribution is -2.39. The summed E-state index contributed by atoms with van der Waals surface area (Å²) in [6.45, 7) is 1.63. The van der Waals surface area contributed by atoms with Gasteiger partial charge in [0, 0.05) is 14.1 Å². The van der Waals surface area contributed by atoms with Gasteiger partial charge in [0.15, 0.2) is 28.9 Å². The molecule has 10 heteroatoms. The number of ether oxygens (including phenoxy) is 1. The molecule has 0 amide bonds. The van der Waals surface area contributed by atoms with Crippen LogP contribution in [-0.2, 0) is 4.74 Å². The fraction of sp³-hybridized carbons (Fsp3) is 0.643. The van der Waals surface area contributed by atoms with Gasteiger partial charge < -0.3 is 20.5 Å². The molecular formula is C14H20F2N6O2. The predicted molar refractivity (Wildman–Crippen MR) is 83.8 cm³/mol. The average Bonchev–Trinajstić information content (AvgIpc) is 3.00. The molecule has 1 aliphatic rings. The first-order valence-corrected chi connectivity index (χ1v) is 7.45. The molecule has 3 N–H and O–H groups in total. The van der Waals surface area contributed by atoms with Crippen molar-refractivity contribution in [3.8, 4) is 0 Å². The van der Waals surface area contributed by atoms with Crippen LogP contribution < -0.4 is 10.6 Å². The Hall–Kier alpha value is -2.07. The average molecular weight is 342 g/mol. The maximum absolute atomic E-state index is 15.2. The van der Waals surface area contributed by atoms with Gasteiger partial charge in [0.2, 0.25) is 11.8 Å². The summed E-state index contributed by atoms with van der Waals surface area (Å²) in [6.07, 6.45) is -0.0385. The number of alkyl halides is 2. The Morgan fingerprint density at radius 3 is 2.62 bits per heavy atom. The summed E-state index contributed by atoms with van der Waals surface area (Å²) < 4.78 is 36.4. The first-order chi connectivity index (χ1) is 11.1. The van der Waals surface area contributed by atoms with Gasteiger partial charge in [-0.15, -0.1) is 0 Å². The molecule has 1 aliphatic heterocycles. The second kappa shape index (κ2) is 5.21. The number of rotatable bonds is 3. The number of imidazole rings is 1. The minimum absolute atomic E-state index is 0.0202. The Morgan fingerprint density at radius 1 is 1.42 bits per heavy atom. The number of nitrogens with zero attached hydrogens (tertiary/aromatic N) is 5. The molecule has 4 atom stereocenters. The molecule has 2 aromatic heterocycles. The maximum atomic E-state index is 15.2. The van der Waals surface area contributed by atoms with Crippen LogP contribution in [0.5, 0.6) is 0 Å². The molecule has 1 saturated heterocycles. The first-order valence-electron chi connectivity index (χ1n) is 7.45. The molecule has 2 aromatic rings. The zero-order valence-electron chi connectivity index (χ0n) is 13.9. The molecule has 0 saturated carbocycles. The van der Waals surface area contributed by atoms with E-state index in [0.29, 0.717) is 11.3 Å². The van der Waals surface area contributed by atoms with E-state index in [4.69, 9.17) is 10.5 Å². The summed E-state index contributed by atoms with van der Waals surface area (Å²) in [6, 6.07) is 0. The number of hydrogen-bond acceptors (Lipinski definition) is 7. The van der Waals surface area contributed by atoms with E-state index < -0.39 is 30.3 Å². The number of anilines is 2. The first kappa shape index (κ1) is 16.8. The van der Waals surface area contributed by atoms with E-state index in [9.17, 15) is 9.50 Å². The van der Waals surface area contributed by atoms with Crippen molar-refractivity contribution < 1.29 is 18.6 Å². The third kappa shape index (κ3) is 2.20. The van der Waals surface area contributed by atoms with Crippen molar-refractivity contribution in [1.29, 1.82) is 0 Å². The SMILES string of the molecule is C[C@H]1[C@@](C)(F)[C@H](n2cnc3c(N(C)C)nc(N)nc32)O[C@]1(F)CO. The normalized spacial score (nSPS) is 33.3. The molecule has 0 aliphatic carbocycles. The maximum Gasteiger partial charge on any atom is 0.240 e. The van der Waals surface area contributed by atoms with Crippen molar-refractivity contribution >= 4 is 22.9 Å². The lowest BCUT2D eigenvalue weighted by molar-refractivity contribution is -0.191. The molecule has 0 bridgehead atoms. The van der Waals surface area contributed by atoms with Crippen molar-refractivity contribution in [2.24, 2.45) is 5.92 Å². The van der Waals surface area contributed by atoms with Crippen molar-refractivity contribution in [1.82, 2.24) is 19.5 Å². The van der Waals surface area contributed by atoms with Crippen LogP contribution in [0.2, 0.25) is 0 Å². The highest BCUT2D eigenvalue weighted by Gasteiger charge is 2.62. The number of aliphatic hydroxyl groups excluding tert-OH is 1. The highest BCUT2D eigenvalue weighted by molar-refractivity contribution is 5.84. The van der Waals surface area contributed by atoms with E-state index in [1.807, 2.05) is 0 Å². The summed E-state index contributed by atoms with van der Waals surface area (Å²) in [5.74, 6) is -3.25. The molecule has 0 aromatic carbocycles. The molecule has 0 radical (unpaired) electrons. The second-order valence-corrected chi connectivity index (χ2v) is 6.41. The Kier molecular flexibility index (Phi) is 3.64. The van der Waals surface area contributed by atoms with Gasteiger partial charge in [0.25, 0.3) is 0 Å². The zero-order valence-corrected chi connectivity index (χ0v) is 13.9. The minimum Gasteiger partial charge on any atom is -0.390 e. The van der Waals surface area contributed by atoms with Crippen LogP contribution in [0, 0.1) is 5.92 Å². The summed E-state index contributed by atoms with van der Waals surface area (Å²) in [5.41, 5.74) is 4.25. The second-order valence-electron chi connectivity index (χ2n) is 6.41. The predicted octanol–water partition coefficient (Wildman–Crippen LogP) is 1.03. The van der Waals surface area contributed by atoms with Gasteiger partial charge in [-0.2, -0.15) is 9.97 Å². The number of nitrogens with two attached hydrogens (primary N) is 1. The van der Waals surface area contributed by atoms with Gasteiger partial charge in [-0.25, -0.2) is 13.8 Å². The van der Waals surface area contributed by atoms with Crippen LogP contribution in [0.15, 0.2) is 6.33 Å². The van der Waals surface area contributed by atoms with Gasteiger partial charge >= 0.3 is 0 Å². The van der Waals surface area contributed by atoms with E-state index >= 15 is 4.39 Å². The van der Waals surface area contributed by atoms with Gasteiger partial charge in [-0.3, -0.25) is 4.57 Å². The molecule has 3 rings (SSSR count). The molecule has 1 fully saturated rings. The summed E-state index contributed by atoms with van der Waals surface area (Å²) >= 11 is 0. The van der Waals surface area contributed by atoms with Crippen LogP contribution in [0.3, 0.4) is 0 Å². The molecule has 0 unspecified atom stereocenters. The van der Waals surface area contributed by atoms with Crippen LogP contribution >= 0.6 is 0 Å². The van der Waals surface area contributed by atoms with Gasteiger partial charge in [-0.05, 0) is 6.92 Å². The number of aromatic nitrogens is 4. The Morgan fingerprint density at radius 2 is 2.08 bits per heavy atom. The third-order valence-electron chi connectivity index (χ3n) is 4.60. The molecule has 3 heterocycles. The van der Waals surface area contributed by atoms with E-state index in [1.54, 1.807) is 19.0 Å². The summed E-state index contributed by atoms with van der Waals surface area (Å²) in [7, 11) is 3.51. The van der Waals surface area contributed by atoms with E-state index in [2.05, 4.69) is 15.0 Å². The number of hydrogen-bond donors (Lipinski definition) is 2. The van der Waals surface area contributed by atoms with Gasteiger partial charge in [0.1, 0.15) is 6.61 Å². The van der Waals surface area contributed by atoms with Crippen LogP contribution in [0.4, 0.5) is 20.5 Å². The van der Waals surface area contributed by atoms with Gasteiger partial charge in [0.05, 0.1) is 12.2 Å². The molecular weight excluding hydrogens is 322 g/mol. The Bertz CT molecular complexity index is 780. The summed E-state index contributed by atoms with van der Waals surface area (Å²) in [4.78, 5) is 14.1. The smallest absolute Gasteiger partial charge is 0.240 e. The van der Waals surface area contributed by atoms with E-state index in [1.165, 1.54) is 24.7 Å². The monoisotopic (exact) mass is 342 g/mol. The number of aliphatic hydroxyl groups is 1. The van der Waals surface area contributed by atoms with Crippen molar-refractivity contribution in [2.45, 2.75) is 31.6 Å². The zero-order chi connectivity index (χ0) is 17.9. The van der Waals surface area contributed by atoms with Crippen LogP contribution in [-0.4, -0.2) is 56.9 Å². The third-order valence-corrected chi connectivity index (χ3v) is 4.60. The lowest BCUT2D eigenvalue weighted by Gasteiger charge is -2.25.